The zero-order valence-electron chi connectivity index (χ0n) is 14.8. The van der Waals surface area contributed by atoms with Gasteiger partial charge in [-0.15, -0.1) is 5.10 Å². The number of benzene rings is 1. The van der Waals surface area contributed by atoms with Crippen LogP contribution in [0.1, 0.15) is 37.0 Å². The topological polar surface area (TPSA) is 102 Å². The molecule has 2 amide bonds. The number of amides is 2. The lowest BCUT2D eigenvalue weighted by Crippen LogP contribution is -2.27. The van der Waals surface area contributed by atoms with Gasteiger partial charge < -0.3 is 10.6 Å². The minimum atomic E-state index is -0.208. The molecule has 2 N–H and O–H groups in total. The number of hydrogen-bond acceptors (Lipinski definition) is 6. The Balaban J connectivity index is 1.58. The van der Waals surface area contributed by atoms with Gasteiger partial charge in [0.2, 0.25) is 11.1 Å². The lowest BCUT2D eigenvalue weighted by Gasteiger charge is -2.11. The van der Waals surface area contributed by atoms with Crippen LogP contribution in [-0.2, 0) is 11.3 Å². The monoisotopic (exact) mass is 374 g/mol. The molecule has 0 bridgehead atoms. The molecule has 1 aliphatic carbocycles. The van der Waals surface area contributed by atoms with Gasteiger partial charge in [0.15, 0.2) is 0 Å². The molecular formula is C17H22N6O2S. The molecule has 3 rings (SSSR count). The standard InChI is InChI=1S/C17H22N6O2S/c1-11(2)9-23-17(20-21-22-23)26-10-15(24)19-14-6-4-3-5-13(14)16(25)18-12-7-8-12/h3-6,11-12H,7-10H2,1-2H3,(H,18,25)(H,19,24). The zero-order valence-corrected chi connectivity index (χ0v) is 15.6. The summed E-state index contributed by atoms with van der Waals surface area (Å²) in [5.41, 5.74) is 0.986. The predicted octanol–water partition coefficient (Wildman–Crippen LogP) is 1.95. The first-order valence-electron chi connectivity index (χ1n) is 8.61. The number of thioether (sulfide) groups is 1. The molecule has 1 saturated carbocycles. The van der Waals surface area contributed by atoms with E-state index in [0.717, 1.165) is 12.8 Å². The van der Waals surface area contributed by atoms with E-state index in [4.69, 9.17) is 0 Å². The van der Waals surface area contributed by atoms with Crippen LogP contribution in [0, 0.1) is 5.92 Å². The van der Waals surface area contributed by atoms with E-state index in [1.807, 2.05) is 0 Å². The summed E-state index contributed by atoms with van der Waals surface area (Å²) in [4.78, 5) is 24.6. The highest BCUT2D eigenvalue weighted by Gasteiger charge is 2.25. The molecule has 8 nitrogen and oxygen atoms in total. The van der Waals surface area contributed by atoms with Gasteiger partial charge in [0.1, 0.15) is 0 Å². The third-order valence-electron chi connectivity index (χ3n) is 3.73. The van der Waals surface area contributed by atoms with Crippen molar-refractivity contribution < 1.29 is 9.59 Å². The van der Waals surface area contributed by atoms with Crippen molar-refractivity contribution in [2.75, 3.05) is 11.1 Å². The fourth-order valence-electron chi connectivity index (χ4n) is 2.36. The maximum Gasteiger partial charge on any atom is 0.253 e. The molecule has 0 unspecified atom stereocenters. The van der Waals surface area contributed by atoms with Crippen LogP contribution in [0.2, 0.25) is 0 Å². The van der Waals surface area contributed by atoms with Crippen molar-refractivity contribution in [2.24, 2.45) is 5.92 Å². The second kappa shape index (κ2) is 8.31. The highest BCUT2D eigenvalue weighted by molar-refractivity contribution is 7.99. The number of anilines is 1. The molecule has 0 spiro atoms. The molecule has 1 aromatic carbocycles. The summed E-state index contributed by atoms with van der Waals surface area (Å²) in [7, 11) is 0. The maximum absolute atomic E-state index is 12.3. The van der Waals surface area contributed by atoms with E-state index in [0.29, 0.717) is 28.9 Å². The van der Waals surface area contributed by atoms with Gasteiger partial charge in [-0.3, -0.25) is 9.59 Å². The van der Waals surface area contributed by atoms with E-state index in [9.17, 15) is 9.59 Å². The minimum Gasteiger partial charge on any atom is -0.349 e. The van der Waals surface area contributed by atoms with Crippen molar-refractivity contribution in [3.05, 3.63) is 29.8 Å². The Morgan fingerprint density at radius 1 is 1.31 bits per heavy atom. The minimum absolute atomic E-state index is 0.156. The van der Waals surface area contributed by atoms with Crippen molar-refractivity contribution in [1.29, 1.82) is 0 Å². The van der Waals surface area contributed by atoms with Gasteiger partial charge in [-0.1, -0.05) is 37.7 Å². The molecule has 138 valence electrons. The molecule has 1 heterocycles. The summed E-state index contributed by atoms with van der Waals surface area (Å²) in [6, 6.07) is 7.28. The number of carbonyl (C=O) groups is 2. The van der Waals surface area contributed by atoms with Crippen molar-refractivity contribution in [3.8, 4) is 0 Å². The summed E-state index contributed by atoms with van der Waals surface area (Å²) >= 11 is 1.27. The molecule has 0 aliphatic heterocycles. The molecule has 26 heavy (non-hydrogen) atoms. The van der Waals surface area contributed by atoms with Crippen LogP contribution in [0.25, 0.3) is 0 Å². The number of aromatic nitrogens is 4. The summed E-state index contributed by atoms with van der Waals surface area (Å²) in [6.45, 7) is 4.85. The second-order valence-electron chi connectivity index (χ2n) is 6.67. The number of nitrogens with one attached hydrogen (secondary N) is 2. The zero-order chi connectivity index (χ0) is 18.5. The smallest absolute Gasteiger partial charge is 0.253 e. The van der Waals surface area contributed by atoms with Crippen molar-refractivity contribution >= 4 is 29.3 Å². The third-order valence-corrected chi connectivity index (χ3v) is 4.68. The number of nitrogens with zero attached hydrogens (tertiary/aromatic N) is 4. The Kier molecular flexibility index (Phi) is 5.87. The van der Waals surface area contributed by atoms with E-state index < -0.39 is 0 Å². The summed E-state index contributed by atoms with van der Waals surface area (Å²) in [5, 5.41) is 17.9. The third kappa shape index (κ3) is 5.04. The Labute approximate surface area is 156 Å². The van der Waals surface area contributed by atoms with Crippen LogP contribution in [0.15, 0.2) is 29.4 Å². The second-order valence-corrected chi connectivity index (χ2v) is 7.61. The fraction of sp³-hybridized carbons (Fsp3) is 0.471. The molecule has 2 aromatic rings. The molecule has 1 aromatic heterocycles. The van der Waals surface area contributed by atoms with E-state index in [-0.39, 0.29) is 23.6 Å². The van der Waals surface area contributed by atoms with Gasteiger partial charge in [0.05, 0.1) is 17.0 Å². The van der Waals surface area contributed by atoms with Gasteiger partial charge >= 0.3 is 0 Å². The Hall–Kier alpha value is -2.42. The molecule has 0 atom stereocenters. The molecule has 1 aliphatic rings. The molecule has 0 radical (unpaired) electrons. The van der Waals surface area contributed by atoms with Crippen LogP contribution in [0.5, 0.6) is 0 Å². The first-order chi connectivity index (χ1) is 12.5. The van der Waals surface area contributed by atoms with Crippen LogP contribution in [0.4, 0.5) is 5.69 Å². The number of para-hydroxylation sites is 1. The van der Waals surface area contributed by atoms with E-state index in [2.05, 4.69) is 40.0 Å². The van der Waals surface area contributed by atoms with E-state index in [1.54, 1.807) is 28.9 Å². The van der Waals surface area contributed by atoms with Gasteiger partial charge in [-0.2, -0.15) is 0 Å². The Morgan fingerprint density at radius 3 is 2.81 bits per heavy atom. The van der Waals surface area contributed by atoms with Crippen LogP contribution in [-0.4, -0.2) is 43.8 Å². The molecule has 1 fully saturated rings. The summed E-state index contributed by atoms with van der Waals surface area (Å²) in [6.07, 6.45) is 2.03. The lowest BCUT2D eigenvalue weighted by molar-refractivity contribution is -0.113. The van der Waals surface area contributed by atoms with Crippen LogP contribution in [0.3, 0.4) is 0 Å². The Bertz CT molecular complexity index is 787. The number of hydrogen-bond donors (Lipinski definition) is 2. The molecule has 0 saturated heterocycles. The summed E-state index contributed by atoms with van der Waals surface area (Å²) in [5.74, 6) is 0.207. The van der Waals surface area contributed by atoms with Crippen molar-refractivity contribution in [2.45, 2.75) is 44.4 Å². The highest BCUT2D eigenvalue weighted by atomic mass is 32.2. The maximum atomic E-state index is 12.3. The van der Waals surface area contributed by atoms with Gasteiger partial charge in [-0.05, 0) is 41.3 Å². The molecular weight excluding hydrogens is 352 g/mol. The predicted molar refractivity (Wildman–Crippen MR) is 98.9 cm³/mol. The highest BCUT2D eigenvalue weighted by Crippen LogP contribution is 2.22. The largest absolute Gasteiger partial charge is 0.349 e. The average molecular weight is 374 g/mol. The van der Waals surface area contributed by atoms with E-state index >= 15 is 0 Å². The molecule has 9 heteroatoms. The van der Waals surface area contributed by atoms with Crippen LogP contribution >= 0.6 is 11.8 Å². The first kappa shape index (κ1) is 18.4. The number of carbonyl (C=O) groups excluding carboxylic acids is 2. The van der Waals surface area contributed by atoms with Gasteiger partial charge in [-0.25, -0.2) is 4.68 Å². The number of rotatable bonds is 8. The van der Waals surface area contributed by atoms with Gasteiger partial charge in [0.25, 0.3) is 5.91 Å². The van der Waals surface area contributed by atoms with E-state index in [1.165, 1.54) is 11.8 Å². The fourth-order valence-corrected chi connectivity index (χ4v) is 3.04. The Morgan fingerprint density at radius 2 is 2.08 bits per heavy atom. The van der Waals surface area contributed by atoms with Crippen molar-refractivity contribution in [1.82, 2.24) is 25.5 Å². The van der Waals surface area contributed by atoms with Gasteiger partial charge in [0, 0.05) is 12.6 Å². The average Bonchev–Trinajstić information content (AvgIpc) is 3.30. The normalized spacial score (nSPS) is 13.7. The van der Waals surface area contributed by atoms with Crippen molar-refractivity contribution in [3.63, 3.8) is 0 Å². The lowest BCUT2D eigenvalue weighted by atomic mass is 10.1. The first-order valence-corrected chi connectivity index (χ1v) is 9.60. The quantitative estimate of drug-likeness (QED) is 0.685. The SMILES string of the molecule is CC(C)Cn1nnnc1SCC(=O)Nc1ccccc1C(=O)NC1CC1. The summed E-state index contributed by atoms with van der Waals surface area (Å²) < 4.78 is 1.69. The van der Waals surface area contributed by atoms with Crippen LogP contribution < -0.4 is 10.6 Å². The number of tetrazole rings is 1.